The summed E-state index contributed by atoms with van der Waals surface area (Å²) in [7, 11) is 0. The van der Waals surface area contributed by atoms with Crippen LogP contribution in [0.25, 0.3) is 0 Å². The number of hydrogen-bond acceptors (Lipinski definition) is 4. The standard InChI is InChI=1S/C15H23N3O4/c1-15(2,3)22-14(21)17-8-5-11(6-9-17)12-4-7-16-18(12)10-13(19)20/h4,7,11H,5-6,8-10H2,1-3H3,(H,19,20). The van der Waals surface area contributed by atoms with E-state index in [2.05, 4.69) is 5.10 Å². The largest absolute Gasteiger partial charge is 0.480 e. The van der Waals surface area contributed by atoms with Gasteiger partial charge in [-0.2, -0.15) is 5.10 Å². The monoisotopic (exact) mass is 309 g/mol. The molecule has 0 aromatic carbocycles. The lowest BCUT2D eigenvalue weighted by atomic mass is 9.93. The number of piperidine rings is 1. The molecule has 1 aliphatic rings. The van der Waals surface area contributed by atoms with Crippen molar-refractivity contribution in [3.63, 3.8) is 0 Å². The minimum Gasteiger partial charge on any atom is -0.480 e. The first-order chi connectivity index (χ1) is 10.3. The van der Waals surface area contributed by atoms with Gasteiger partial charge in [-0.05, 0) is 39.7 Å². The quantitative estimate of drug-likeness (QED) is 0.924. The summed E-state index contributed by atoms with van der Waals surface area (Å²) in [5.74, 6) is -0.684. The zero-order chi connectivity index (χ0) is 16.3. The van der Waals surface area contributed by atoms with Crippen LogP contribution in [0.2, 0.25) is 0 Å². The number of carboxylic acids is 1. The number of amides is 1. The van der Waals surface area contributed by atoms with Crippen LogP contribution in [0.5, 0.6) is 0 Å². The van der Waals surface area contributed by atoms with Gasteiger partial charge in [-0.25, -0.2) is 4.79 Å². The predicted octanol–water partition coefficient (Wildman–Crippen LogP) is 2.08. The van der Waals surface area contributed by atoms with Gasteiger partial charge in [0.15, 0.2) is 0 Å². The number of ether oxygens (including phenoxy) is 1. The van der Waals surface area contributed by atoms with E-state index < -0.39 is 11.6 Å². The van der Waals surface area contributed by atoms with Crippen molar-refractivity contribution >= 4 is 12.1 Å². The summed E-state index contributed by atoms with van der Waals surface area (Å²) in [6.45, 7) is 6.64. The zero-order valence-corrected chi connectivity index (χ0v) is 13.3. The molecule has 1 N–H and O–H groups in total. The summed E-state index contributed by atoms with van der Waals surface area (Å²) in [5, 5.41) is 13.0. The first-order valence-corrected chi connectivity index (χ1v) is 7.47. The number of aliphatic carboxylic acids is 1. The third-order valence-corrected chi connectivity index (χ3v) is 3.60. The molecule has 2 rings (SSSR count). The molecule has 1 amide bonds. The fourth-order valence-corrected chi connectivity index (χ4v) is 2.63. The molecule has 7 heteroatoms. The average molecular weight is 309 g/mol. The van der Waals surface area contributed by atoms with Gasteiger partial charge in [0.05, 0.1) is 0 Å². The third kappa shape index (κ3) is 4.22. The molecule has 22 heavy (non-hydrogen) atoms. The highest BCUT2D eigenvalue weighted by molar-refractivity contribution is 5.68. The van der Waals surface area contributed by atoms with Crippen LogP contribution in [0.4, 0.5) is 4.79 Å². The van der Waals surface area contributed by atoms with Crippen LogP contribution in [0.15, 0.2) is 12.3 Å². The number of likely N-dealkylation sites (tertiary alicyclic amines) is 1. The maximum Gasteiger partial charge on any atom is 0.410 e. The molecule has 0 bridgehead atoms. The van der Waals surface area contributed by atoms with Gasteiger partial charge in [0.1, 0.15) is 12.1 Å². The Morgan fingerprint density at radius 3 is 2.55 bits per heavy atom. The van der Waals surface area contributed by atoms with Crippen molar-refractivity contribution in [1.29, 1.82) is 0 Å². The van der Waals surface area contributed by atoms with Gasteiger partial charge in [0, 0.05) is 30.9 Å². The fraction of sp³-hybridized carbons (Fsp3) is 0.667. The van der Waals surface area contributed by atoms with Gasteiger partial charge in [0.25, 0.3) is 0 Å². The Hall–Kier alpha value is -2.05. The summed E-state index contributed by atoms with van der Waals surface area (Å²) >= 11 is 0. The highest BCUT2D eigenvalue weighted by Crippen LogP contribution is 2.28. The van der Waals surface area contributed by atoms with E-state index in [1.807, 2.05) is 26.8 Å². The van der Waals surface area contributed by atoms with E-state index in [1.54, 1.807) is 11.1 Å². The lowest BCUT2D eigenvalue weighted by Gasteiger charge is -2.33. The molecule has 1 aliphatic heterocycles. The van der Waals surface area contributed by atoms with Crippen molar-refractivity contribution in [3.8, 4) is 0 Å². The summed E-state index contributed by atoms with van der Waals surface area (Å²) < 4.78 is 6.90. The van der Waals surface area contributed by atoms with Crippen LogP contribution in [0, 0.1) is 0 Å². The van der Waals surface area contributed by atoms with E-state index >= 15 is 0 Å². The summed E-state index contributed by atoms with van der Waals surface area (Å²) in [6, 6.07) is 1.86. The molecule has 1 saturated heterocycles. The molecule has 1 aromatic heterocycles. The van der Waals surface area contributed by atoms with E-state index in [9.17, 15) is 9.59 Å². The van der Waals surface area contributed by atoms with Gasteiger partial charge in [-0.15, -0.1) is 0 Å². The number of aromatic nitrogens is 2. The molecule has 1 fully saturated rings. The van der Waals surface area contributed by atoms with Gasteiger partial charge >= 0.3 is 12.1 Å². The Kier molecular flexibility index (Phi) is 4.73. The molecule has 122 valence electrons. The Morgan fingerprint density at radius 1 is 1.36 bits per heavy atom. The van der Waals surface area contributed by atoms with Crippen molar-refractivity contribution in [2.75, 3.05) is 13.1 Å². The van der Waals surface area contributed by atoms with E-state index in [4.69, 9.17) is 9.84 Å². The van der Waals surface area contributed by atoms with Crippen molar-refractivity contribution in [3.05, 3.63) is 18.0 Å². The predicted molar refractivity (Wildman–Crippen MR) is 79.6 cm³/mol. The highest BCUT2D eigenvalue weighted by Gasteiger charge is 2.28. The van der Waals surface area contributed by atoms with Crippen LogP contribution >= 0.6 is 0 Å². The smallest absolute Gasteiger partial charge is 0.410 e. The molecule has 0 atom stereocenters. The number of rotatable bonds is 3. The number of nitrogens with zero attached hydrogens (tertiary/aromatic N) is 3. The molecule has 0 unspecified atom stereocenters. The van der Waals surface area contributed by atoms with Crippen molar-refractivity contribution in [1.82, 2.24) is 14.7 Å². The Balaban J connectivity index is 1.94. The number of carbonyl (C=O) groups excluding carboxylic acids is 1. The highest BCUT2D eigenvalue weighted by atomic mass is 16.6. The second-order valence-electron chi connectivity index (χ2n) is 6.55. The summed E-state index contributed by atoms with van der Waals surface area (Å²) in [4.78, 5) is 24.6. The lowest BCUT2D eigenvalue weighted by Crippen LogP contribution is -2.41. The first kappa shape index (κ1) is 16.3. The van der Waals surface area contributed by atoms with Crippen molar-refractivity contribution in [2.24, 2.45) is 0 Å². The summed E-state index contributed by atoms with van der Waals surface area (Å²) in [5.41, 5.74) is 0.430. The van der Waals surface area contributed by atoms with E-state index in [-0.39, 0.29) is 18.6 Å². The molecule has 1 aromatic rings. The molecule has 0 radical (unpaired) electrons. The Labute approximate surface area is 129 Å². The molecular weight excluding hydrogens is 286 g/mol. The van der Waals surface area contributed by atoms with Crippen molar-refractivity contribution in [2.45, 2.75) is 51.7 Å². The lowest BCUT2D eigenvalue weighted by molar-refractivity contribution is -0.137. The van der Waals surface area contributed by atoms with E-state index in [1.165, 1.54) is 4.68 Å². The third-order valence-electron chi connectivity index (χ3n) is 3.60. The fourth-order valence-electron chi connectivity index (χ4n) is 2.63. The minimum absolute atomic E-state index is 0.130. The number of hydrogen-bond donors (Lipinski definition) is 1. The Morgan fingerprint density at radius 2 is 2.00 bits per heavy atom. The second-order valence-corrected chi connectivity index (χ2v) is 6.55. The second kappa shape index (κ2) is 6.37. The first-order valence-electron chi connectivity index (χ1n) is 7.47. The zero-order valence-electron chi connectivity index (χ0n) is 13.3. The van der Waals surface area contributed by atoms with Gasteiger partial charge < -0.3 is 14.7 Å². The number of carboxylic acid groups (broad SMARTS) is 1. The summed E-state index contributed by atoms with van der Waals surface area (Å²) in [6.07, 6.45) is 2.90. The minimum atomic E-state index is -0.906. The molecule has 0 saturated carbocycles. The van der Waals surface area contributed by atoms with E-state index in [0.29, 0.717) is 13.1 Å². The average Bonchev–Trinajstić information content (AvgIpc) is 2.84. The van der Waals surface area contributed by atoms with Crippen LogP contribution < -0.4 is 0 Å². The van der Waals surface area contributed by atoms with Crippen molar-refractivity contribution < 1.29 is 19.4 Å². The maximum absolute atomic E-state index is 12.0. The van der Waals surface area contributed by atoms with Crippen LogP contribution in [0.1, 0.15) is 45.2 Å². The Bertz CT molecular complexity index is 539. The van der Waals surface area contributed by atoms with Gasteiger partial charge in [0.2, 0.25) is 0 Å². The topological polar surface area (TPSA) is 84.7 Å². The normalized spacial score (nSPS) is 16.6. The van der Waals surface area contributed by atoms with Crippen LogP contribution in [-0.4, -0.2) is 50.5 Å². The molecule has 7 nitrogen and oxygen atoms in total. The van der Waals surface area contributed by atoms with E-state index in [0.717, 1.165) is 18.5 Å². The van der Waals surface area contributed by atoms with Crippen LogP contribution in [-0.2, 0) is 16.1 Å². The molecule has 2 heterocycles. The molecule has 0 spiro atoms. The molecule has 0 aliphatic carbocycles. The van der Waals surface area contributed by atoms with Gasteiger partial charge in [-0.1, -0.05) is 0 Å². The SMILES string of the molecule is CC(C)(C)OC(=O)N1CCC(c2ccnn2CC(=O)O)CC1. The molecular formula is C15H23N3O4. The maximum atomic E-state index is 12.0. The number of carbonyl (C=O) groups is 2. The van der Waals surface area contributed by atoms with Crippen LogP contribution in [0.3, 0.4) is 0 Å². The van der Waals surface area contributed by atoms with Gasteiger partial charge in [-0.3, -0.25) is 9.48 Å².